The normalized spacial score (nSPS) is 10.1. The van der Waals surface area contributed by atoms with E-state index in [-0.39, 0.29) is 17.7 Å². The number of hydrogen-bond acceptors (Lipinski definition) is 4. The zero-order chi connectivity index (χ0) is 13.8. The van der Waals surface area contributed by atoms with Crippen LogP contribution in [-0.2, 0) is 11.2 Å². The molecule has 1 aromatic heterocycles. The molecule has 1 heterocycles. The topological polar surface area (TPSA) is 106 Å². The molecule has 0 bridgehead atoms. The van der Waals surface area contributed by atoms with Gasteiger partial charge in [-0.3, -0.25) is 9.59 Å². The smallest absolute Gasteiger partial charge is 0.311 e. The second-order valence-corrected chi connectivity index (χ2v) is 3.87. The third kappa shape index (κ3) is 2.92. The summed E-state index contributed by atoms with van der Waals surface area (Å²) in [5.41, 5.74) is 6.79. The van der Waals surface area contributed by atoms with E-state index in [4.69, 9.17) is 15.3 Å². The molecule has 0 saturated carbocycles. The summed E-state index contributed by atoms with van der Waals surface area (Å²) in [5.74, 6) is -1.41. The Labute approximate surface area is 108 Å². The van der Waals surface area contributed by atoms with Crippen molar-refractivity contribution in [2.75, 3.05) is 11.1 Å². The van der Waals surface area contributed by atoms with Crippen molar-refractivity contribution in [3.8, 4) is 0 Å². The van der Waals surface area contributed by atoms with Crippen molar-refractivity contribution in [2.24, 2.45) is 0 Å². The van der Waals surface area contributed by atoms with Gasteiger partial charge in [-0.1, -0.05) is 12.1 Å². The molecule has 0 aliphatic carbocycles. The van der Waals surface area contributed by atoms with Crippen LogP contribution in [0.4, 0.5) is 11.4 Å². The molecule has 98 valence electrons. The molecule has 0 unspecified atom stereocenters. The molecule has 2 aromatic rings. The third-order valence-corrected chi connectivity index (χ3v) is 2.51. The van der Waals surface area contributed by atoms with Gasteiger partial charge < -0.3 is 20.6 Å². The summed E-state index contributed by atoms with van der Waals surface area (Å²) in [6.07, 6.45) is 0.932. The van der Waals surface area contributed by atoms with Gasteiger partial charge in [-0.05, 0) is 18.2 Å². The van der Waals surface area contributed by atoms with E-state index in [0.29, 0.717) is 11.4 Å². The molecule has 0 spiro atoms. The summed E-state index contributed by atoms with van der Waals surface area (Å²) in [6.45, 7) is 0. The van der Waals surface area contributed by atoms with Crippen LogP contribution in [0.2, 0.25) is 0 Å². The highest BCUT2D eigenvalue weighted by atomic mass is 16.4. The highest BCUT2D eigenvalue weighted by molar-refractivity contribution is 6.06. The lowest BCUT2D eigenvalue weighted by Crippen LogP contribution is -2.15. The Kier molecular flexibility index (Phi) is 3.51. The predicted molar refractivity (Wildman–Crippen MR) is 68.9 cm³/mol. The van der Waals surface area contributed by atoms with E-state index < -0.39 is 11.9 Å². The van der Waals surface area contributed by atoms with Crippen LogP contribution in [0.1, 0.15) is 16.1 Å². The summed E-state index contributed by atoms with van der Waals surface area (Å²) in [7, 11) is 0. The second kappa shape index (κ2) is 5.26. The van der Waals surface area contributed by atoms with Crippen molar-refractivity contribution >= 4 is 23.3 Å². The zero-order valence-electron chi connectivity index (χ0n) is 9.92. The quantitative estimate of drug-likeness (QED) is 0.726. The van der Waals surface area contributed by atoms with E-state index in [1.807, 2.05) is 0 Å². The van der Waals surface area contributed by atoms with Crippen LogP contribution >= 0.6 is 0 Å². The molecule has 19 heavy (non-hydrogen) atoms. The van der Waals surface area contributed by atoms with Crippen LogP contribution in [0.25, 0.3) is 0 Å². The standard InChI is InChI=1S/C13H12N2O4/c14-9-3-1-2-4-10(9)15-13(18)8-5-6-19-11(8)7-12(16)17/h1-6H,7,14H2,(H,15,18)(H,16,17). The number of carbonyl (C=O) groups excluding carboxylic acids is 1. The minimum absolute atomic E-state index is 0.111. The van der Waals surface area contributed by atoms with E-state index in [1.165, 1.54) is 12.3 Å². The highest BCUT2D eigenvalue weighted by Gasteiger charge is 2.17. The highest BCUT2D eigenvalue weighted by Crippen LogP contribution is 2.19. The van der Waals surface area contributed by atoms with Gasteiger partial charge >= 0.3 is 5.97 Å². The van der Waals surface area contributed by atoms with Gasteiger partial charge in [0.2, 0.25) is 0 Å². The minimum atomic E-state index is -1.07. The first-order chi connectivity index (χ1) is 9.08. The minimum Gasteiger partial charge on any atom is -0.481 e. The Hall–Kier alpha value is -2.76. The van der Waals surface area contributed by atoms with Crippen LogP contribution in [-0.4, -0.2) is 17.0 Å². The van der Waals surface area contributed by atoms with Crippen molar-refractivity contribution < 1.29 is 19.1 Å². The molecular weight excluding hydrogens is 248 g/mol. The molecule has 6 nitrogen and oxygen atoms in total. The van der Waals surface area contributed by atoms with Gasteiger partial charge in [-0.2, -0.15) is 0 Å². The lowest BCUT2D eigenvalue weighted by Gasteiger charge is -2.07. The lowest BCUT2D eigenvalue weighted by molar-refractivity contribution is -0.136. The summed E-state index contributed by atoms with van der Waals surface area (Å²) >= 11 is 0. The first-order valence-corrected chi connectivity index (χ1v) is 5.52. The van der Waals surface area contributed by atoms with Gasteiger partial charge in [0.25, 0.3) is 5.91 Å². The number of furan rings is 1. The average Bonchev–Trinajstić information content (AvgIpc) is 2.79. The number of nitrogen functional groups attached to an aromatic ring is 1. The molecular formula is C13H12N2O4. The molecule has 1 amide bonds. The van der Waals surface area contributed by atoms with Crippen LogP contribution in [0, 0.1) is 0 Å². The van der Waals surface area contributed by atoms with Gasteiger partial charge in [0.05, 0.1) is 23.2 Å². The summed E-state index contributed by atoms with van der Waals surface area (Å²) in [4.78, 5) is 22.7. The second-order valence-electron chi connectivity index (χ2n) is 3.87. The van der Waals surface area contributed by atoms with Gasteiger partial charge in [0.1, 0.15) is 12.2 Å². The number of aliphatic carboxylic acids is 1. The maximum atomic E-state index is 12.0. The lowest BCUT2D eigenvalue weighted by atomic mass is 10.2. The summed E-state index contributed by atoms with van der Waals surface area (Å²) in [5, 5.41) is 11.3. The van der Waals surface area contributed by atoms with Crippen molar-refractivity contribution in [2.45, 2.75) is 6.42 Å². The predicted octanol–water partition coefficient (Wildman–Crippen LogP) is 1.74. The maximum Gasteiger partial charge on any atom is 0.311 e. The van der Waals surface area contributed by atoms with Crippen molar-refractivity contribution in [1.29, 1.82) is 0 Å². The summed E-state index contributed by atoms with van der Waals surface area (Å²) in [6, 6.07) is 8.22. The number of benzene rings is 1. The molecule has 2 rings (SSSR count). The number of nitrogens with two attached hydrogens (primary N) is 1. The number of nitrogens with one attached hydrogen (secondary N) is 1. The van der Waals surface area contributed by atoms with E-state index in [1.54, 1.807) is 24.3 Å². The number of carboxylic acid groups (broad SMARTS) is 1. The fourth-order valence-corrected chi connectivity index (χ4v) is 1.62. The molecule has 0 radical (unpaired) electrons. The number of para-hydroxylation sites is 2. The Morgan fingerprint density at radius 3 is 2.68 bits per heavy atom. The number of amides is 1. The largest absolute Gasteiger partial charge is 0.481 e. The molecule has 0 aliphatic rings. The molecule has 6 heteroatoms. The van der Waals surface area contributed by atoms with Crippen molar-refractivity contribution in [1.82, 2.24) is 0 Å². The van der Waals surface area contributed by atoms with E-state index >= 15 is 0 Å². The van der Waals surface area contributed by atoms with Gasteiger partial charge in [-0.15, -0.1) is 0 Å². The summed E-state index contributed by atoms with van der Waals surface area (Å²) < 4.78 is 4.99. The van der Waals surface area contributed by atoms with Crippen LogP contribution in [0.3, 0.4) is 0 Å². The number of anilines is 2. The first kappa shape index (κ1) is 12.7. The Balaban J connectivity index is 2.19. The number of hydrogen-bond donors (Lipinski definition) is 3. The molecule has 0 aliphatic heterocycles. The SMILES string of the molecule is Nc1ccccc1NC(=O)c1ccoc1CC(=O)O. The zero-order valence-corrected chi connectivity index (χ0v) is 9.92. The molecule has 0 saturated heterocycles. The van der Waals surface area contributed by atoms with Crippen LogP contribution in [0.15, 0.2) is 41.0 Å². The molecule has 4 N–H and O–H groups in total. The number of carboxylic acids is 1. The van der Waals surface area contributed by atoms with Gasteiger partial charge in [-0.25, -0.2) is 0 Å². The van der Waals surface area contributed by atoms with E-state index in [9.17, 15) is 9.59 Å². The Morgan fingerprint density at radius 1 is 1.26 bits per heavy atom. The number of carbonyl (C=O) groups is 2. The van der Waals surface area contributed by atoms with Gasteiger partial charge in [0.15, 0.2) is 0 Å². The monoisotopic (exact) mass is 260 g/mol. The van der Waals surface area contributed by atoms with E-state index in [2.05, 4.69) is 5.32 Å². The fraction of sp³-hybridized carbons (Fsp3) is 0.0769. The third-order valence-electron chi connectivity index (χ3n) is 2.51. The molecule has 1 aromatic carbocycles. The fourth-order valence-electron chi connectivity index (χ4n) is 1.62. The van der Waals surface area contributed by atoms with Crippen molar-refractivity contribution in [3.63, 3.8) is 0 Å². The Bertz CT molecular complexity index is 619. The van der Waals surface area contributed by atoms with E-state index in [0.717, 1.165) is 0 Å². The molecule has 0 atom stereocenters. The Morgan fingerprint density at radius 2 is 2.00 bits per heavy atom. The van der Waals surface area contributed by atoms with Gasteiger partial charge in [0, 0.05) is 0 Å². The maximum absolute atomic E-state index is 12.0. The number of rotatable bonds is 4. The van der Waals surface area contributed by atoms with Crippen LogP contribution in [0.5, 0.6) is 0 Å². The molecule has 0 fully saturated rings. The van der Waals surface area contributed by atoms with Crippen LogP contribution < -0.4 is 11.1 Å². The average molecular weight is 260 g/mol. The first-order valence-electron chi connectivity index (χ1n) is 5.52. The van der Waals surface area contributed by atoms with Crippen molar-refractivity contribution in [3.05, 3.63) is 47.9 Å².